The van der Waals surface area contributed by atoms with Gasteiger partial charge in [-0.1, -0.05) is 60.1 Å². The Balaban J connectivity index is 1.98. The van der Waals surface area contributed by atoms with E-state index in [1.807, 2.05) is 0 Å². The van der Waals surface area contributed by atoms with E-state index in [2.05, 4.69) is 5.32 Å². The summed E-state index contributed by atoms with van der Waals surface area (Å²) >= 11 is 6.06. The van der Waals surface area contributed by atoms with Gasteiger partial charge in [0.05, 0.1) is 11.6 Å². The van der Waals surface area contributed by atoms with Crippen LogP contribution in [0.15, 0.2) is 72.8 Å². The lowest BCUT2D eigenvalue weighted by Gasteiger charge is -2.22. The van der Waals surface area contributed by atoms with Gasteiger partial charge in [0.1, 0.15) is 0 Å². The number of carbonyl (C=O) groups excluding carboxylic acids is 1. The van der Waals surface area contributed by atoms with Gasteiger partial charge in [0.15, 0.2) is 6.10 Å². The third-order valence-electron chi connectivity index (χ3n) is 4.92. The van der Waals surface area contributed by atoms with Gasteiger partial charge in [-0.25, -0.2) is 9.59 Å². The minimum atomic E-state index is -1.84. The minimum Gasteiger partial charge on any atom is -0.479 e. The molecule has 3 rings (SSSR count). The maximum Gasteiger partial charge on any atom is 0.336 e. The standard InChI is InChI=1S/C24H20ClNO6/c25-15-10-11-18(23(29)30)19(13-15)16-8-4-5-9-17(16)22(28)26-20(21(27)24(31)32)12-14-6-2-1-3-7-14/h1-11,13,20-21,27H,12H2,(H,26,28)(H,29,30)(H,31,32)/t20-,21-/m1/s1. The topological polar surface area (TPSA) is 124 Å². The first-order chi connectivity index (χ1) is 15.3. The lowest BCUT2D eigenvalue weighted by Crippen LogP contribution is -2.48. The Kier molecular flexibility index (Phi) is 7.25. The number of halogens is 1. The normalized spacial score (nSPS) is 12.6. The molecule has 0 spiro atoms. The Morgan fingerprint density at radius 2 is 1.50 bits per heavy atom. The molecular formula is C24H20ClNO6. The van der Waals surface area contributed by atoms with Gasteiger partial charge in [-0.05, 0) is 47.4 Å². The highest BCUT2D eigenvalue weighted by Crippen LogP contribution is 2.30. The summed E-state index contributed by atoms with van der Waals surface area (Å²) in [6, 6.07) is 18.3. The van der Waals surface area contributed by atoms with E-state index in [0.29, 0.717) is 10.6 Å². The van der Waals surface area contributed by atoms with Crippen molar-refractivity contribution in [2.75, 3.05) is 0 Å². The number of carbonyl (C=O) groups is 3. The Labute approximate surface area is 188 Å². The molecule has 0 aliphatic rings. The van der Waals surface area contributed by atoms with Crippen molar-refractivity contribution in [1.82, 2.24) is 5.32 Å². The summed E-state index contributed by atoms with van der Waals surface area (Å²) in [4.78, 5) is 36.2. The van der Waals surface area contributed by atoms with Crippen LogP contribution in [0.2, 0.25) is 5.02 Å². The molecule has 0 aliphatic carbocycles. The van der Waals surface area contributed by atoms with Crippen LogP contribution in [0.1, 0.15) is 26.3 Å². The Hall–Kier alpha value is -3.68. The lowest BCUT2D eigenvalue weighted by molar-refractivity contribution is -0.148. The van der Waals surface area contributed by atoms with Crippen molar-refractivity contribution < 1.29 is 29.7 Å². The number of hydrogen-bond acceptors (Lipinski definition) is 4. The van der Waals surface area contributed by atoms with Crippen molar-refractivity contribution in [3.8, 4) is 11.1 Å². The van der Waals surface area contributed by atoms with Gasteiger partial charge < -0.3 is 20.6 Å². The molecule has 0 bridgehead atoms. The summed E-state index contributed by atoms with van der Waals surface area (Å²) in [6.45, 7) is 0. The molecule has 32 heavy (non-hydrogen) atoms. The number of amides is 1. The van der Waals surface area contributed by atoms with Crippen LogP contribution >= 0.6 is 11.6 Å². The molecule has 0 fully saturated rings. The van der Waals surface area contributed by atoms with E-state index in [1.165, 1.54) is 24.3 Å². The average molecular weight is 454 g/mol. The van der Waals surface area contributed by atoms with Gasteiger partial charge in [0.2, 0.25) is 0 Å². The van der Waals surface area contributed by atoms with E-state index in [-0.39, 0.29) is 23.1 Å². The van der Waals surface area contributed by atoms with Crippen molar-refractivity contribution in [3.05, 3.63) is 94.5 Å². The van der Waals surface area contributed by atoms with Crippen molar-refractivity contribution in [1.29, 1.82) is 0 Å². The fraction of sp³-hybridized carbons (Fsp3) is 0.125. The number of aliphatic hydroxyl groups excluding tert-OH is 1. The molecule has 0 heterocycles. The zero-order valence-corrected chi connectivity index (χ0v) is 17.5. The second kappa shape index (κ2) is 10.1. The van der Waals surface area contributed by atoms with Crippen LogP contribution in [0.25, 0.3) is 11.1 Å². The molecular weight excluding hydrogens is 434 g/mol. The summed E-state index contributed by atoms with van der Waals surface area (Å²) in [5, 5.41) is 31.9. The van der Waals surface area contributed by atoms with Crippen LogP contribution in [0.3, 0.4) is 0 Å². The molecule has 3 aromatic rings. The van der Waals surface area contributed by atoms with Gasteiger partial charge in [0.25, 0.3) is 5.91 Å². The smallest absolute Gasteiger partial charge is 0.336 e. The van der Waals surface area contributed by atoms with E-state index >= 15 is 0 Å². The third kappa shape index (κ3) is 5.32. The van der Waals surface area contributed by atoms with Crippen molar-refractivity contribution in [2.45, 2.75) is 18.6 Å². The first kappa shape index (κ1) is 23.0. The van der Waals surface area contributed by atoms with E-state index in [1.54, 1.807) is 48.5 Å². The Morgan fingerprint density at radius 1 is 0.844 bits per heavy atom. The van der Waals surface area contributed by atoms with E-state index < -0.39 is 30.0 Å². The predicted octanol–water partition coefficient (Wildman–Crippen LogP) is 3.49. The molecule has 164 valence electrons. The molecule has 1 amide bonds. The number of carboxylic acid groups (broad SMARTS) is 2. The number of nitrogens with one attached hydrogen (secondary N) is 1. The van der Waals surface area contributed by atoms with Gasteiger partial charge in [-0.2, -0.15) is 0 Å². The van der Waals surface area contributed by atoms with Crippen LogP contribution < -0.4 is 5.32 Å². The highest BCUT2D eigenvalue weighted by molar-refractivity contribution is 6.31. The highest BCUT2D eigenvalue weighted by Gasteiger charge is 2.29. The molecule has 2 atom stereocenters. The van der Waals surface area contributed by atoms with Gasteiger partial charge in [-0.3, -0.25) is 4.79 Å². The number of aliphatic carboxylic acids is 1. The number of aromatic carboxylic acids is 1. The van der Waals surface area contributed by atoms with E-state index in [4.69, 9.17) is 11.6 Å². The van der Waals surface area contributed by atoms with Crippen LogP contribution in [0, 0.1) is 0 Å². The summed E-state index contributed by atoms with van der Waals surface area (Å²) in [7, 11) is 0. The van der Waals surface area contributed by atoms with Crippen LogP contribution in [0.4, 0.5) is 0 Å². The highest BCUT2D eigenvalue weighted by atomic mass is 35.5. The third-order valence-corrected chi connectivity index (χ3v) is 5.16. The van der Waals surface area contributed by atoms with Gasteiger partial charge in [-0.15, -0.1) is 0 Å². The Morgan fingerprint density at radius 3 is 2.16 bits per heavy atom. The number of benzene rings is 3. The molecule has 0 aliphatic heterocycles. The quantitative estimate of drug-likeness (QED) is 0.414. The lowest BCUT2D eigenvalue weighted by atomic mass is 9.94. The summed E-state index contributed by atoms with van der Waals surface area (Å²) < 4.78 is 0. The number of rotatable bonds is 8. The van der Waals surface area contributed by atoms with Crippen molar-refractivity contribution in [2.24, 2.45) is 0 Å². The maximum absolute atomic E-state index is 13.1. The van der Waals surface area contributed by atoms with E-state index in [9.17, 15) is 29.7 Å². The molecule has 4 N–H and O–H groups in total. The molecule has 0 radical (unpaired) electrons. The molecule has 0 saturated carbocycles. The van der Waals surface area contributed by atoms with Crippen LogP contribution in [-0.4, -0.2) is 45.3 Å². The largest absolute Gasteiger partial charge is 0.479 e. The average Bonchev–Trinajstić information content (AvgIpc) is 2.78. The summed E-state index contributed by atoms with van der Waals surface area (Å²) in [5.74, 6) is -3.31. The Bertz CT molecular complexity index is 1150. The molecule has 3 aromatic carbocycles. The molecule has 0 unspecified atom stereocenters. The van der Waals surface area contributed by atoms with Gasteiger partial charge >= 0.3 is 11.9 Å². The maximum atomic E-state index is 13.1. The summed E-state index contributed by atoms with van der Waals surface area (Å²) in [6.07, 6.45) is -1.76. The van der Waals surface area contributed by atoms with E-state index in [0.717, 1.165) is 5.56 Å². The fourth-order valence-corrected chi connectivity index (χ4v) is 3.54. The predicted molar refractivity (Wildman–Crippen MR) is 119 cm³/mol. The van der Waals surface area contributed by atoms with Gasteiger partial charge in [0, 0.05) is 10.6 Å². The van der Waals surface area contributed by atoms with Crippen LogP contribution in [-0.2, 0) is 11.2 Å². The number of hydrogen-bond donors (Lipinski definition) is 4. The van der Waals surface area contributed by atoms with Crippen molar-refractivity contribution in [3.63, 3.8) is 0 Å². The fourth-order valence-electron chi connectivity index (χ4n) is 3.37. The second-order valence-corrected chi connectivity index (χ2v) is 7.53. The summed E-state index contributed by atoms with van der Waals surface area (Å²) in [5.41, 5.74) is 1.37. The molecule has 0 aromatic heterocycles. The monoisotopic (exact) mass is 453 g/mol. The SMILES string of the molecule is O=C(O)c1ccc(Cl)cc1-c1ccccc1C(=O)N[C@H](Cc1ccccc1)[C@@H](O)C(=O)O. The molecule has 0 saturated heterocycles. The first-order valence-electron chi connectivity index (χ1n) is 9.66. The molecule has 8 heteroatoms. The minimum absolute atomic E-state index is 0.0407. The number of carboxylic acids is 2. The second-order valence-electron chi connectivity index (χ2n) is 7.09. The zero-order valence-electron chi connectivity index (χ0n) is 16.7. The first-order valence-corrected chi connectivity index (χ1v) is 10.0. The molecule has 7 nitrogen and oxygen atoms in total. The number of aliphatic hydroxyl groups is 1. The van der Waals surface area contributed by atoms with Crippen LogP contribution in [0.5, 0.6) is 0 Å². The zero-order chi connectivity index (χ0) is 23.3. The van der Waals surface area contributed by atoms with Crippen molar-refractivity contribution >= 4 is 29.4 Å².